The molecule has 0 aliphatic rings. The molecule has 3 nitrogen and oxygen atoms in total. The van der Waals surface area contributed by atoms with Crippen molar-refractivity contribution in [3.8, 4) is 0 Å². The van der Waals surface area contributed by atoms with Gasteiger partial charge in [0.15, 0.2) is 0 Å². The third-order valence-electron chi connectivity index (χ3n) is 6.30. The maximum atomic E-state index is 13.2. The monoisotopic (exact) mass is 460 g/mol. The van der Waals surface area contributed by atoms with Gasteiger partial charge in [0.25, 0.3) is 8.32 Å². The first-order valence-electron chi connectivity index (χ1n) is 11.8. The van der Waals surface area contributed by atoms with Gasteiger partial charge in [-0.25, -0.2) is 0 Å². The van der Waals surface area contributed by atoms with Gasteiger partial charge in [0.2, 0.25) is 0 Å². The maximum absolute atomic E-state index is 13.2. The van der Waals surface area contributed by atoms with Crippen molar-refractivity contribution in [3.63, 3.8) is 0 Å². The van der Waals surface area contributed by atoms with Gasteiger partial charge in [-0.2, -0.15) is 0 Å². The number of methoxy groups -OCH3 is 1. The van der Waals surface area contributed by atoms with Gasteiger partial charge in [-0.05, 0) is 27.4 Å². The molecule has 0 bridgehead atoms. The van der Waals surface area contributed by atoms with E-state index in [4.69, 9.17) is 9.16 Å². The van der Waals surface area contributed by atoms with Crippen LogP contribution >= 0.6 is 0 Å². The molecular weight excluding hydrogens is 424 g/mol. The number of hydrogen-bond donors (Lipinski definition) is 0. The van der Waals surface area contributed by atoms with E-state index >= 15 is 0 Å². The molecule has 174 valence electrons. The fourth-order valence-electron chi connectivity index (χ4n) is 4.79. The van der Waals surface area contributed by atoms with Crippen molar-refractivity contribution in [2.24, 2.45) is 0 Å². The summed E-state index contributed by atoms with van der Waals surface area (Å²) in [6.07, 6.45) is 1.36. The summed E-state index contributed by atoms with van der Waals surface area (Å²) in [5, 5.41) is 2.25. The predicted octanol–water partition coefficient (Wildman–Crippen LogP) is 5.69. The Balaban J connectivity index is 2.23. The second-order valence-corrected chi connectivity index (χ2v) is 13.8. The molecule has 0 spiro atoms. The third-order valence-corrected chi connectivity index (χ3v) is 11.4. The van der Waals surface area contributed by atoms with Gasteiger partial charge in [-0.3, -0.25) is 4.79 Å². The molecule has 0 N–H and O–H groups in total. The molecule has 3 aromatic carbocycles. The highest BCUT2D eigenvalue weighted by Gasteiger charge is 2.52. The van der Waals surface area contributed by atoms with Crippen LogP contribution in [-0.4, -0.2) is 27.5 Å². The van der Waals surface area contributed by atoms with E-state index in [1.165, 1.54) is 17.5 Å². The molecule has 0 unspecified atom stereocenters. The third kappa shape index (κ3) is 5.28. The Hall–Kier alpha value is -2.69. The lowest BCUT2D eigenvalue weighted by molar-refractivity contribution is -0.145. The number of benzene rings is 3. The van der Waals surface area contributed by atoms with Gasteiger partial charge in [-0.15, -0.1) is 0 Å². The Morgan fingerprint density at radius 3 is 1.67 bits per heavy atom. The Morgan fingerprint density at radius 2 is 1.27 bits per heavy atom. The first-order valence-corrected chi connectivity index (χ1v) is 13.7. The van der Waals surface area contributed by atoms with E-state index in [0.717, 1.165) is 18.4 Å². The van der Waals surface area contributed by atoms with Crippen molar-refractivity contribution in [2.45, 2.75) is 57.6 Å². The second kappa shape index (κ2) is 11.0. The zero-order valence-corrected chi connectivity index (χ0v) is 21.5. The van der Waals surface area contributed by atoms with E-state index in [1.807, 2.05) is 42.5 Å². The molecule has 2 atom stereocenters. The molecule has 33 heavy (non-hydrogen) atoms. The average Bonchev–Trinajstić information content (AvgIpc) is 2.83. The summed E-state index contributed by atoms with van der Waals surface area (Å²) in [5.74, 6) is -0.740. The first kappa shape index (κ1) is 24.9. The molecule has 0 aliphatic carbocycles. The molecule has 3 aromatic rings. The Kier molecular flexibility index (Phi) is 8.28. The van der Waals surface area contributed by atoms with Crippen LogP contribution < -0.4 is 10.4 Å². The SMILES string of the molecule is CCC[C@H](O[Si](c1ccccc1)(c1ccccc1)C(C)(C)C)[C@H](C(=O)OC)c1ccccc1. The smallest absolute Gasteiger partial charge is 0.315 e. The van der Waals surface area contributed by atoms with Crippen molar-refractivity contribution >= 4 is 24.7 Å². The molecule has 4 heteroatoms. The number of ether oxygens (including phenoxy) is 1. The molecule has 0 heterocycles. The van der Waals surface area contributed by atoms with Crippen molar-refractivity contribution in [1.29, 1.82) is 0 Å². The van der Waals surface area contributed by atoms with Crippen LogP contribution in [0.25, 0.3) is 0 Å². The normalized spacial score (nSPS) is 13.8. The maximum Gasteiger partial charge on any atom is 0.315 e. The summed E-state index contributed by atoms with van der Waals surface area (Å²) in [6, 6.07) is 31.1. The minimum Gasteiger partial charge on any atom is -0.468 e. The quantitative estimate of drug-likeness (QED) is 0.304. The lowest BCUT2D eigenvalue weighted by Crippen LogP contribution is -2.68. The predicted molar refractivity (Wildman–Crippen MR) is 139 cm³/mol. The van der Waals surface area contributed by atoms with Crippen LogP contribution in [0.1, 0.15) is 52.0 Å². The van der Waals surface area contributed by atoms with Crippen molar-refractivity contribution in [1.82, 2.24) is 0 Å². The first-order chi connectivity index (χ1) is 15.8. The van der Waals surface area contributed by atoms with Crippen LogP contribution in [0.5, 0.6) is 0 Å². The zero-order chi connectivity index (χ0) is 23.9. The molecule has 0 saturated heterocycles. The van der Waals surface area contributed by atoms with E-state index in [1.54, 1.807) is 0 Å². The average molecular weight is 461 g/mol. The Bertz CT molecular complexity index is 958. The minimum absolute atomic E-state index is 0.168. The number of rotatable bonds is 9. The lowest BCUT2D eigenvalue weighted by Gasteiger charge is -2.46. The summed E-state index contributed by atoms with van der Waals surface area (Å²) in [7, 11) is -1.35. The topological polar surface area (TPSA) is 35.5 Å². The molecule has 0 aromatic heterocycles. The van der Waals surface area contributed by atoms with Crippen LogP contribution in [0.3, 0.4) is 0 Å². The highest BCUT2D eigenvalue weighted by Crippen LogP contribution is 2.40. The summed E-state index contributed by atoms with van der Waals surface area (Å²) in [4.78, 5) is 13.2. The van der Waals surface area contributed by atoms with Crippen molar-refractivity contribution in [2.75, 3.05) is 7.11 Å². The highest BCUT2D eigenvalue weighted by atomic mass is 28.4. The molecule has 0 aliphatic heterocycles. The highest BCUT2D eigenvalue weighted by molar-refractivity contribution is 6.99. The van der Waals surface area contributed by atoms with E-state index in [0.29, 0.717) is 0 Å². The fraction of sp³-hybridized carbons (Fsp3) is 0.345. The van der Waals surface area contributed by atoms with Crippen LogP contribution in [0.4, 0.5) is 0 Å². The summed E-state index contributed by atoms with van der Waals surface area (Å²) in [5.41, 5.74) is 0.931. The number of carbonyl (C=O) groups is 1. The molecule has 0 fully saturated rings. The largest absolute Gasteiger partial charge is 0.468 e. The number of hydrogen-bond acceptors (Lipinski definition) is 3. The van der Waals surface area contributed by atoms with Gasteiger partial charge >= 0.3 is 5.97 Å². The van der Waals surface area contributed by atoms with Gasteiger partial charge in [0.1, 0.15) is 5.92 Å². The molecule has 3 rings (SSSR count). The van der Waals surface area contributed by atoms with Gasteiger partial charge in [-0.1, -0.05) is 125 Å². The number of carbonyl (C=O) groups excluding carboxylic acids is 1. The standard InChI is InChI=1S/C29H36O3Si/c1-6-16-26(27(28(30)31-5)23-17-10-7-11-18-23)32-33(29(2,3)4,24-19-12-8-13-20-24)25-21-14-9-15-22-25/h7-15,17-22,26-27H,6,16H2,1-5H3/t26-,27+/m0/s1. The lowest BCUT2D eigenvalue weighted by atomic mass is 9.91. The zero-order valence-electron chi connectivity index (χ0n) is 20.5. The van der Waals surface area contributed by atoms with Crippen molar-refractivity contribution in [3.05, 3.63) is 96.6 Å². The molecular formula is C29H36O3Si. The Labute approximate surface area is 199 Å². The van der Waals surface area contributed by atoms with Gasteiger partial charge < -0.3 is 9.16 Å². The number of esters is 1. The summed E-state index contributed by atoms with van der Waals surface area (Å²) in [6.45, 7) is 8.93. The van der Waals surface area contributed by atoms with Crippen molar-refractivity contribution < 1.29 is 14.0 Å². The summed E-state index contributed by atoms with van der Waals surface area (Å²) < 4.78 is 12.7. The van der Waals surface area contributed by atoms with E-state index < -0.39 is 14.2 Å². The van der Waals surface area contributed by atoms with E-state index in [9.17, 15) is 4.79 Å². The minimum atomic E-state index is -2.81. The van der Waals surface area contributed by atoms with E-state index in [-0.39, 0.29) is 17.1 Å². The molecule has 0 saturated carbocycles. The summed E-state index contributed by atoms with van der Waals surface area (Å²) >= 11 is 0. The molecule has 0 amide bonds. The van der Waals surface area contributed by atoms with Gasteiger partial charge in [0, 0.05) is 0 Å². The fourth-order valence-corrected chi connectivity index (χ4v) is 9.51. The van der Waals surface area contributed by atoms with Gasteiger partial charge in [0.05, 0.1) is 13.2 Å². The van der Waals surface area contributed by atoms with Crippen LogP contribution in [-0.2, 0) is 14.0 Å². The van der Waals surface area contributed by atoms with E-state index in [2.05, 4.69) is 76.2 Å². The Morgan fingerprint density at radius 1 is 0.818 bits per heavy atom. The molecule has 0 radical (unpaired) electrons. The van der Waals surface area contributed by atoms with Crippen LogP contribution in [0, 0.1) is 0 Å². The van der Waals surface area contributed by atoms with Crippen LogP contribution in [0.2, 0.25) is 5.04 Å². The second-order valence-electron chi connectivity index (χ2n) is 9.52. The van der Waals surface area contributed by atoms with Crippen LogP contribution in [0.15, 0.2) is 91.0 Å².